The van der Waals surface area contributed by atoms with Crippen molar-refractivity contribution in [1.29, 1.82) is 0 Å². The Labute approximate surface area is 110 Å². The number of ether oxygens (including phenoxy) is 1. The molecule has 0 rings (SSSR count). The summed E-state index contributed by atoms with van der Waals surface area (Å²) in [7, 11) is -4.24. The summed E-state index contributed by atoms with van der Waals surface area (Å²) >= 11 is 1.39. The standard InChI is InChI=1S/C8H16N2O6S2/c1-3-16-8(13)10-18(14,15)9-6(7(11)12)4-5-17-2/h6,9H,3-5H2,1-2H3,(H,10,13)(H,11,12)/t6-/m0/s1. The Morgan fingerprint density at radius 3 is 2.50 bits per heavy atom. The molecule has 0 saturated heterocycles. The molecule has 0 aromatic carbocycles. The number of nitrogens with one attached hydrogen (secondary N) is 2. The molecule has 0 unspecified atom stereocenters. The monoisotopic (exact) mass is 300 g/mol. The van der Waals surface area contributed by atoms with Crippen LogP contribution in [0.2, 0.25) is 0 Å². The number of hydrogen-bond acceptors (Lipinski definition) is 6. The van der Waals surface area contributed by atoms with Crippen LogP contribution in [0.3, 0.4) is 0 Å². The highest BCUT2D eigenvalue weighted by molar-refractivity contribution is 7.98. The van der Waals surface area contributed by atoms with Crippen LogP contribution in [0.5, 0.6) is 0 Å². The van der Waals surface area contributed by atoms with Crippen LogP contribution in [-0.2, 0) is 19.7 Å². The second-order valence-electron chi connectivity index (χ2n) is 3.12. The highest BCUT2D eigenvalue weighted by atomic mass is 32.2. The average molecular weight is 300 g/mol. The van der Waals surface area contributed by atoms with E-state index in [1.807, 2.05) is 4.72 Å². The Hall–Kier alpha value is -1.00. The third-order valence-electron chi connectivity index (χ3n) is 1.70. The summed E-state index contributed by atoms with van der Waals surface area (Å²) in [6.07, 6.45) is 0.726. The minimum atomic E-state index is -4.24. The van der Waals surface area contributed by atoms with E-state index in [1.54, 1.807) is 11.0 Å². The van der Waals surface area contributed by atoms with Crippen molar-refractivity contribution in [3.8, 4) is 0 Å². The Balaban J connectivity index is 4.51. The summed E-state index contributed by atoms with van der Waals surface area (Å²) < 4.78 is 30.6. The number of carboxylic acid groups (broad SMARTS) is 1. The van der Waals surface area contributed by atoms with Gasteiger partial charge in [0.2, 0.25) is 0 Å². The van der Waals surface area contributed by atoms with Gasteiger partial charge in [-0.15, -0.1) is 0 Å². The number of carbonyl (C=O) groups excluding carboxylic acids is 1. The Morgan fingerprint density at radius 2 is 2.06 bits per heavy atom. The number of rotatable bonds is 8. The van der Waals surface area contributed by atoms with E-state index in [4.69, 9.17) is 5.11 Å². The van der Waals surface area contributed by atoms with Crippen LogP contribution in [0.25, 0.3) is 0 Å². The van der Waals surface area contributed by atoms with E-state index in [9.17, 15) is 18.0 Å². The lowest BCUT2D eigenvalue weighted by Gasteiger charge is -2.14. The third-order valence-corrected chi connectivity index (χ3v) is 3.37. The quantitative estimate of drug-likeness (QED) is 0.566. The van der Waals surface area contributed by atoms with Gasteiger partial charge in [0.05, 0.1) is 6.61 Å². The van der Waals surface area contributed by atoms with E-state index in [-0.39, 0.29) is 13.0 Å². The van der Waals surface area contributed by atoms with E-state index in [1.165, 1.54) is 18.7 Å². The SMILES string of the molecule is CCOC(=O)NS(=O)(=O)N[C@@H](CCSC)C(=O)O. The van der Waals surface area contributed by atoms with Crippen molar-refractivity contribution in [3.05, 3.63) is 0 Å². The first-order valence-corrected chi connectivity index (χ1v) is 7.88. The number of aliphatic carboxylic acids is 1. The number of carboxylic acids is 1. The van der Waals surface area contributed by atoms with Gasteiger partial charge in [-0.1, -0.05) is 0 Å². The summed E-state index contributed by atoms with van der Waals surface area (Å²) in [4.78, 5) is 21.7. The molecule has 0 radical (unpaired) electrons. The van der Waals surface area contributed by atoms with Crippen LogP contribution in [0.4, 0.5) is 4.79 Å². The Bertz CT molecular complexity index is 383. The fraction of sp³-hybridized carbons (Fsp3) is 0.750. The number of amides is 1. The molecule has 0 saturated carbocycles. The van der Waals surface area contributed by atoms with Crippen molar-refractivity contribution in [2.24, 2.45) is 0 Å². The normalized spacial score (nSPS) is 12.8. The van der Waals surface area contributed by atoms with Gasteiger partial charge >= 0.3 is 22.3 Å². The maximum absolute atomic E-state index is 11.4. The molecular formula is C8H16N2O6S2. The maximum Gasteiger partial charge on any atom is 0.421 e. The fourth-order valence-electron chi connectivity index (χ4n) is 0.956. The van der Waals surface area contributed by atoms with Crippen LogP contribution < -0.4 is 9.44 Å². The summed E-state index contributed by atoms with van der Waals surface area (Å²) in [5, 5.41) is 8.82. The highest BCUT2D eigenvalue weighted by Gasteiger charge is 2.25. The minimum Gasteiger partial charge on any atom is -0.480 e. The lowest BCUT2D eigenvalue weighted by Crippen LogP contribution is -2.48. The van der Waals surface area contributed by atoms with Crippen molar-refractivity contribution < 1.29 is 27.9 Å². The summed E-state index contributed by atoms with van der Waals surface area (Å²) in [5.41, 5.74) is 0. The molecule has 1 atom stereocenters. The van der Waals surface area contributed by atoms with Gasteiger partial charge in [-0.3, -0.25) is 4.79 Å². The fourth-order valence-corrected chi connectivity index (χ4v) is 2.36. The van der Waals surface area contributed by atoms with Crippen molar-refractivity contribution in [2.75, 3.05) is 18.6 Å². The topological polar surface area (TPSA) is 122 Å². The summed E-state index contributed by atoms with van der Waals surface area (Å²) in [5.74, 6) is -0.836. The molecule has 8 nitrogen and oxygen atoms in total. The highest BCUT2D eigenvalue weighted by Crippen LogP contribution is 2.02. The average Bonchev–Trinajstić information content (AvgIpc) is 2.23. The molecule has 0 heterocycles. The van der Waals surface area contributed by atoms with Crippen LogP contribution in [0.15, 0.2) is 0 Å². The molecule has 18 heavy (non-hydrogen) atoms. The van der Waals surface area contributed by atoms with Crippen LogP contribution in [0, 0.1) is 0 Å². The van der Waals surface area contributed by atoms with Crippen LogP contribution in [0.1, 0.15) is 13.3 Å². The van der Waals surface area contributed by atoms with Crippen molar-refractivity contribution in [3.63, 3.8) is 0 Å². The summed E-state index contributed by atoms with van der Waals surface area (Å²) in [6, 6.07) is -1.29. The first kappa shape index (κ1) is 17.0. The minimum absolute atomic E-state index is 0.0101. The van der Waals surface area contributed by atoms with Gasteiger partial charge in [-0.05, 0) is 25.4 Å². The van der Waals surface area contributed by atoms with E-state index in [0.717, 1.165) is 0 Å². The second-order valence-corrected chi connectivity index (χ2v) is 5.55. The predicted molar refractivity (Wildman–Crippen MR) is 66.6 cm³/mol. The third kappa shape index (κ3) is 7.35. The zero-order valence-corrected chi connectivity index (χ0v) is 11.6. The Kier molecular flexibility index (Phi) is 7.71. The van der Waals surface area contributed by atoms with Gasteiger partial charge < -0.3 is 9.84 Å². The second kappa shape index (κ2) is 8.16. The molecule has 0 aromatic heterocycles. The van der Waals surface area contributed by atoms with Crippen LogP contribution in [-0.4, -0.2) is 50.2 Å². The largest absolute Gasteiger partial charge is 0.480 e. The number of carbonyl (C=O) groups is 2. The van der Waals surface area contributed by atoms with Gasteiger partial charge in [0.15, 0.2) is 0 Å². The number of thioether (sulfide) groups is 1. The molecule has 0 bridgehead atoms. The van der Waals surface area contributed by atoms with Gasteiger partial charge in [-0.2, -0.15) is 24.9 Å². The molecular weight excluding hydrogens is 284 g/mol. The van der Waals surface area contributed by atoms with Gasteiger partial charge in [0.25, 0.3) is 0 Å². The van der Waals surface area contributed by atoms with E-state index >= 15 is 0 Å². The zero-order chi connectivity index (χ0) is 14.2. The first-order chi connectivity index (χ1) is 8.32. The smallest absolute Gasteiger partial charge is 0.421 e. The number of hydrogen-bond donors (Lipinski definition) is 3. The van der Waals surface area contributed by atoms with Gasteiger partial charge in [-0.25, -0.2) is 9.52 Å². The van der Waals surface area contributed by atoms with Crippen molar-refractivity contribution in [1.82, 2.24) is 9.44 Å². The Morgan fingerprint density at radius 1 is 1.44 bits per heavy atom. The molecule has 10 heteroatoms. The molecule has 0 aromatic rings. The molecule has 0 aliphatic carbocycles. The molecule has 3 N–H and O–H groups in total. The zero-order valence-electron chi connectivity index (χ0n) is 10.0. The molecule has 0 aliphatic heterocycles. The molecule has 0 aliphatic rings. The maximum atomic E-state index is 11.4. The lowest BCUT2D eigenvalue weighted by atomic mass is 10.2. The van der Waals surface area contributed by atoms with Crippen LogP contribution >= 0.6 is 11.8 Å². The molecule has 0 spiro atoms. The van der Waals surface area contributed by atoms with E-state index in [0.29, 0.717) is 5.75 Å². The first-order valence-electron chi connectivity index (χ1n) is 5.01. The van der Waals surface area contributed by atoms with E-state index in [2.05, 4.69) is 4.74 Å². The van der Waals surface area contributed by atoms with Crippen molar-refractivity contribution in [2.45, 2.75) is 19.4 Å². The lowest BCUT2D eigenvalue weighted by molar-refractivity contribution is -0.139. The van der Waals surface area contributed by atoms with Gasteiger partial charge in [0.1, 0.15) is 6.04 Å². The molecule has 106 valence electrons. The predicted octanol–water partition coefficient (Wildman–Crippen LogP) is -0.227. The molecule has 0 fully saturated rings. The molecule has 1 amide bonds. The van der Waals surface area contributed by atoms with Gasteiger partial charge in [0, 0.05) is 0 Å². The summed E-state index contributed by atoms with van der Waals surface area (Å²) in [6.45, 7) is 1.52. The van der Waals surface area contributed by atoms with Crippen molar-refractivity contribution >= 4 is 34.0 Å². The van der Waals surface area contributed by atoms with E-state index < -0.39 is 28.3 Å².